The van der Waals surface area contributed by atoms with Gasteiger partial charge in [0.2, 0.25) is 0 Å². The van der Waals surface area contributed by atoms with Crippen molar-refractivity contribution in [1.29, 1.82) is 0 Å². The summed E-state index contributed by atoms with van der Waals surface area (Å²) in [6, 6.07) is 4.73. The molecule has 0 bridgehead atoms. The van der Waals surface area contributed by atoms with E-state index in [-0.39, 0.29) is 18.2 Å². The zero-order chi connectivity index (χ0) is 32.0. The Morgan fingerprint density at radius 2 is 1.70 bits per heavy atom. The Labute approximate surface area is 248 Å². The number of rotatable bonds is 16. The summed E-state index contributed by atoms with van der Waals surface area (Å²) in [6.07, 6.45) is -1.63. The van der Waals surface area contributed by atoms with Gasteiger partial charge in [0.05, 0.1) is 40.0 Å². The molecule has 1 aliphatic heterocycles. The zero-order valence-electron chi connectivity index (χ0n) is 22.8. The number of phosphoric ester groups is 1. The third-order valence-electron chi connectivity index (χ3n) is 5.59. The van der Waals surface area contributed by atoms with Crippen molar-refractivity contribution in [1.82, 2.24) is 9.55 Å². The van der Waals surface area contributed by atoms with E-state index in [4.69, 9.17) is 43.7 Å². The molecule has 3 unspecified atom stereocenters. The number of thioether (sulfide) groups is 1. The lowest BCUT2D eigenvalue weighted by molar-refractivity contribution is -0.0543. The Morgan fingerprint density at radius 3 is 2.26 bits per heavy atom. The van der Waals surface area contributed by atoms with E-state index in [1.807, 2.05) is 0 Å². The predicted octanol–water partition coefficient (Wildman–Crippen LogP) is 1.76. The number of hydrogen-bond donors (Lipinski definition) is 5. The van der Waals surface area contributed by atoms with Crippen molar-refractivity contribution in [3.05, 3.63) is 40.4 Å². The highest BCUT2D eigenvalue weighted by Crippen LogP contribution is 2.66. The maximum atomic E-state index is 12.4. The Morgan fingerprint density at radius 1 is 1.05 bits per heavy atom. The number of nitrogens with two attached hydrogens (primary N) is 1. The Balaban J connectivity index is 1.71. The third kappa shape index (κ3) is 10.5. The molecule has 1 aliphatic rings. The minimum absolute atomic E-state index is 0.0305. The SMILES string of the molecule is COc1cc(OC)c(CSCO[C@H]2CC(n3ccc(N)nc3=O)O[C@@H]2COP(=O)(O)OP(=O)(O)OP(=O)(O)O)c(OC)c1. The van der Waals surface area contributed by atoms with Crippen molar-refractivity contribution in [2.75, 3.05) is 39.6 Å². The molecule has 2 heterocycles. The summed E-state index contributed by atoms with van der Waals surface area (Å²) < 4.78 is 75.9. The number of ether oxygens (including phenoxy) is 5. The summed E-state index contributed by atoms with van der Waals surface area (Å²) in [6.45, 7) is -0.785. The van der Waals surface area contributed by atoms with Crippen LogP contribution in [0, 0.1) is 0 Å². The van der Waals surface area contributed by atoms with Gasteiger partial charge in [-0.2, -0.15) is 13.6 Å². The number of methoxy groups -OCH3 is 3. The Hall–Kier alpha value is -2.02. The first-order chi connectivity index (χ1) is 20.1. The number of nitrogens with zero attached hydrogens (tertiary/aromatic N) is 2. The van der Waals surface area contributed by atoms with Gasteiger partial charge in [-0.25, -0.2) is 18.5 Å². The van der Waals surface area contributed by atoms with E-state index in [1.165, 1.54) is 45.4 Å². The fraction of sp³-hybridized carbons (Fsp3) is 0.500. The fourth-order valence-corrected chi connectivity index (χ4v) is 7.68. The number of phosphoric acid groups is 3. The summed E-state index contributed by atoms with van der Waals surface area (Å²) in [5.74, 6) is 1.92. The molecule has 6 N–H and O–H groups in total. The van der Waals surface area contributed by atoms with Crippen LogP contribution in [0.3, 0.4) is 0 Å². The molecule has 1 saturated heterocycles. The van der Waals surface area contributed by atoms with Gasteiger partial charge in [0, 0.05) is 36.1 Å². The van der Waals surface area contributed by atoms with Crippen molar-refractivity contribution in [3.63, 3.8) is 0 Å². The van der Waals surface area contributed by atoms with Crippen molar-refractivity contribution in [2.45, 2.75) is 30.6 Å². The smallest absolute Gasteiger partial charge is 0.490 e. The van der Waals surface area contributed by atoms with Crippen LogP contribution in [0.1, 0.15) is 18.2 Å². The molecular formula is C20H30N3O16P3S. The van der Waals surface area contributed by atoms with Crippen LogP contribution < -0.4 is 25.6 Å². The van der Waals surface area contributed by atoms with Crippen LogP contribution in [0.4, 0.5) is 5.82 Å². The lowest BCUT2D eigenvalue weighted by Crippen LogP contribution is -2.29. The molecule has 1 aromatic heterocycles. The van der Waals surface area contributed by atoms with E-state index in [1.54, 1.807) is 12.1 Å². The largest absolute Gasteiger partial charge is 0.496 e. The number of aromatic nitrogens is 2. The normalized spacial score (nSPS) is 21.6. The van der Waals surface area contributed by atoms with Crippen molar-refractivity contribution in [3.8, 4) is 17.2 Å². The number of anilines is 1. The van der Waals surface area contributed by atoms with E-state index < -0.39 is 54.2 Å². The maximum absolute atomic E-state index is 12.4. The van der Waals surface area contributed by atoms with Crippen LogP contribution in [-0.2, 0) is 42.1 Å². The highest BCUT2D eigenvalue weighted by atomic mass is 32.2. The van der Waals surface area contributed by atoms with Gasteiger partial charge in [0.1, 0.15) is 35.4 Å². The minimum atomic E-state index is -5.72. The van der Waals surface area contributed by atoms with Gasteiger partial charge >= 0.3 is 29.2 Å². The fourth-order valence-electron chi connectivity index (χ4n) is 3.81. The summed E-state index contributed by atoms with van der Waals surface area (Å²) in [5.41, 5.74) is 5.51. The van der Waals surface area contributed by atoms with Gasteiger partial charge in [-0.1, -0.05) is 0 Å². The van der Waals surface area contributed by atoms with Crippen LogP contribution in [0.15, 0.2) is 29.2 Å². The van der Waals surface area contributed by atoms with E-state index >= 15 is 0 Å². The highest BCUT2D eigenvalue weighted by molar-refractivity contribution is 7.98. The maximum Gasteiger partial charge on any atom is 0.490 e. The average Bonchev–Trinajstić information content (AvgIpc) is 3.30. The molecule has 19 nitrogen and oxygen atoms in total. The first kappa shape index (κ1) is 35.5. The number of benzene rings is 1. The van der Waals surface area contributed by atoms with E-state index in [2.05, 4.69) is 13.6 Å². The molecule has 2 aromatic rings. The van der Waals surface area contributed by atoms with Crippen LogP contribution in [0.2, 0.25) is 0 Å². The van der Waals surface area contributed by atoms with Gasteiger partial charge < -0.3 is 49.0 Å². The zero-order valence-corrected chi connectivity index (χ0v) is 26.3. The molecule has 0 amide bonds. The molecule has 1 fully saturated rings. The monoisotopic (exact) mass is 693 g/mol. The Bertz CT molecular complexity index is 1450. The van der Waals surface area contributed by atoms with E-state index in [0.29, 0.717) is 28.6 Å². The Kier molecular flexibility index (Phi) is 12.2. The van der Waals surface area contributed by atoms with Crippen LogP contribution >= 0.6 is 35.2 Å². The second-order valence-corrected chi connectivity index (χ2v) is 13.8. The van der Waals surface area contributed by atoms with Crippen LogP contribution in [-0.4, -0.2) is 75.2 Å². The first-order valence-electron chi connectivity index (χ1n) is 11.8. The van der Waals surface area contributed by atoms with Crippen molar-refractivity contribution in [2.24, 2.45) is 0 Å². The molecule has 242 valence electrons. The molecular weight excluding hydrogens is 663 g/mol. The predicted molar refractivity (Wildman–Crippen MR) is 148 cm³/mol. The molecule has 5 atom stereocenters. The second kappa shape index (κ2) is 14.8. The lowest BCUT2D eigenvalue weighted by atomic mass is 10.2. The van der Waals surface area contributed by atoms with Gasteiger partial charge in [-0.15, -0.1) is 11.8 Å². The second-order valence-electron chi connectivity index (χ2n) is 8.48. The highest BCUT2D eigenvalue weighted by Gasteiger charge is 2.43. The average molecular weight is 693 g/mol. The van der Waals surface area contributed by atoms with Gasteiger partial charge in [0.15, 0.2) is 0 Å². The molecule has 0 saturated carbocycles. The molecule has 0 radical (unpaired) electrons. The first-order valence-corrected chi connectivity index (χ1v) is 17.5. The lowest BCUT2D eigenvalue weighted by Gasteiger charge is -2.21. The van der Waals surface area contributed by atoms with Crippen molar-refractivity contribution >= 4 is 41.0 Å². The molecule has 3 rings (SSSR count). The summed E-state index contributed by atoms with van der Waals surface area (Å²) in [4.78, 5) is 52.6. The van der Waals surface area contributed by atoms with Crippen molar-refractivity contribution < 1.29 is 70.1 Å². The minimum Gasteiger partial charge on any atom is -0.496 e. The summed E-state index contributed by atoms with van der Waals surface area (Å²) in [5, 5.41) is 0. The standard InChI is InChI=1S/C20H30N3O16P3S/c1-32-12-6-14(33-2)13(15(7-12)34-3)10-43-11-35-16-8-19(23-5-4-18(21)22-20(23)24)37-17(16)9-36-41(28,29)39-42(30,31)38-40(25,26)27/h4-7,16-17,19H,8-11H2,1-3H3,(H,28,29)(H,30,31)(H2,21,22,24)(H2,25,26,27)/t16-,17+,19?/m0/s1. The molecule has 43 heavy (non-hydrogen) atoms. The van der Waals surface area contributed by atoms with Crippen LogP contribution in [0.5, 0.6) is 17.2 Å². The van der Waals surface area contributed by atoms with Gasteiger partial charge in [0.25, 0.3) is 0 Å². The summed E-state index contributed by atoms with van der Waals surface area (Å²) in [7, 11) is -12.2. The third-order valence-corrected chi connectivity index (χ3v) is 10.2. The molecule has 1 aromatic carbocycles. The van der Waals surface area contributed by atoms with Crippen LogP contribution in [0.25, 0.3) is 0 Å². The molecule has 23 heteroatoms. The van der Waals surface area contributed by atoms with E-state index in [0.717, 1.165) is 4.57 Å². The molecule has 0 spiro atoms. The quantitative estimate of drug-likeness (QED) is 0.0952. The topological polar surface area (TPSA) is 267 Å². The number of hydrogen-bond acceptors (Lipinski definition) is 15. The van der Waals surface area contributed by atoms with Gasteiger partial charge in [-0.3, -0.25) is 9.09 Å². The summed E-state index contributed by atoms with van der Waals surface area (Å²) >= 11 is 1.30. The van der Waals surface area contributed by atoms with Gasteiger partial charge in [-0.05, 0) is 6.07 Å². The number of nitrogen functional groups attached to an aromatic ring is 1. The molecule has 0 aliphatic carbocycles. The van der Waals surface area contributed by atoms with E-state index in [9.17, 15) is 28.3 Å².